The van der Waals surface area contributed by atoms with Crippen LogP contribution in [-0.4, -0.2) is 31.1 Å². The van der Waals surface area contributed by atoms with Crippen LogP contribution in [0.3, 0.4) is 0 Å². The SMILES string of the molecule is N#Cc1ccc(C#Cc2ccc(F)c([C@@]3(CF)N=C(N)S[C@@]4(Cn5ccnc5)C[C@H]43)c2)nc1. The zero-order chi connectivity index (χ0) is 23.1. The Balaban J connectivity index is 1.50. The number of thioether (sulfide) groups is 1. The molecule has 0 radical (unpaired) electrons. The molecule has 9 heteroatoms. The topological polar surface area (TPSA) is 92.9 Å². The van der Waals surface area contributed by atoms with E-state index >= 15 is 4.39 Å². The van der Waals surface area contributed by atoms with E-state index in [1.165, 1.54) is 30.1 Å². The molecule has 5 rings (SSSR count). The third kappa shape index (κ3) is 3.75. The van der Waals surface area contributed by atoms with Crippen LogP contribution in [0.2, 0.25) is 0 Å². The minimum atomic E-state index is -1.40. The van der Waals surface area contributed by atoms with Crippen molar-refractivity contribution in [3.8, 4) is 17.9 Å². The predicted molar refractivity (Wildman–Crippen MR) is 121 cm³/mol. The van der Waals surface area contributed by atoms with E-state index in [1.807, 2.05) is 16.8 Å². The third-order valence-electron chi connectivity index (χ3n) is 6.09. The molecule has 6 nitrogen and oxygen atoms in total. The van der Waals surface area contributed by atoms with Gasteiger partial charge >= 0.3 is 0 Å². The van der Waals surface area contributed by atoms with Crippen molar-refractivity contribution >= 4 is 16.9 Å². The van der Waals surface area contributed by atoms with Crippen LogP contribution in [0.25, 0.3) is 0 Å². The minimum Gasteiger partial charge on any atom is -0.378 e. The van der Waals surface area contributed by atoms with Gasteiger partial charge in [-0.15, -0.1) is 0 Å². The lowest BCUT2D eigenvalue weighted by molar-refractivity contribution is 0.260. The number of halogens is 2. The molecule has 1 aliphatic heterocycles. The number of nitriles is 1. The molecule has 1 fully saturated rings. The molecule has 2 aromatic heterocycles. The van der Waals surface area contributed by atoms with Crippen LogP contribution in [0.5, 0.6) is 0 Å². The number of benzene rings is 1. The van der Waals surface area contributed by atoms with Crippen molar-refractivity contribution in [3.05, 3.63) is 83.5 Å². The van der Waals surface area contributed by atoms with Gasteiger partial charge in [0, 0.05) is 46.9 Å². The number of hydrogen-bond donors (Lipinski definition) is 1. The fourth-order valence-corrected chi connectivity index (χ4v) is 5.88. The molecule has 2 N–H and O–H groups in total. The van der Waals surface area contributed by atoms with Gasteiger partial charge < -0.3 is 10.3 Å². The largest absolute Gasteiger partial charge is 0.378 e. The van der Waals surface area contributed by atoms with Gasteiger partial charge in [0.25, 0.3) is 0 Å². The lowest BCUT2D eigenvalue weighted by Gasteiger charge is -2.35. The number of imidazole rings is 1. The Bertz CT molecular complexity index is 1340. The minimum absolute atomic E-state index is 0.158. The predicted octanol–water partition coefficient (Wildman–Crippen LogP) is 3.37. The Morgan fingerprint density at radius 3 is 2.79 bits per heavy atom. The van der Waals surface area contributed by atoms with Crippen molar-refractivity contribution in [1.29, 1.82) is 5.26 Å². The first kappa shape index (κ1) is 21.2. The van der Waals surface area contributed by atoms with Crippen LogP contribution in [0.1, 0.15) is 28.8 Å². The number of nitrogens with zero attached hydrogens (tertiary/aromatic N) is 5. The van der Waals surface area contributed by atoms with Crippen LogP contribution in [0, 0.1) is 34.9 Å². The quantitative estimate of drug-likeness (QED) is 0.603. The number of fused-ring (bicyclic) bond motifs is 1. The number of nitrogens with two attached hydrogens (primary N) is 1. The summed E-state index contributed by atoms with van der Waals surface area (Å²) in [5.74, 6) is 5.09. The van der Waals surface area contributed by atoms with E-state index in [4.69, 9.17) is 11.0 Å². The van der Waals surface area contributed by atoms with Crippen molar-refractivity contribution < 1.29 is 8.78 Å². The summed E-state index contributed by atoms with van der Waals surface area (Å²) in [4.78, 5) is 12.7. The summed E-state index contributed by atoms with van der Waals surface area (Å²) in [6.45, 7) is -0.276. The second-order valence-electron chi connectivity index (χ2n) is 8.16. The fraction of sp³-hybridized carbons (Fsp3) is 0.250. The molecule has 1 saturated carbocycles. The van der Waals surface area contributed by atoms with Crippen molar-refractivity contribution in [3.63, 3.8) is 0 Å². The molecule has 3 heterocycles. The highest BCUT2D eigenvalue weighted by molar-refractivity contribution is 8.15. The molecule has 33 heavy (non-hydrogen) atoms. The molecule has 164 valence electrons. The normalized spacial score (nSPS) is 25.2. The molecule has 0 amide bonds. The number of pyridine rings is 1. The molecule has 2 aliphatic rings. The van der Waals surface area contributed by atoms with E-state index in [1.54, 1.807) is 30.7 Å². The summed E-state index contributed by atoms with van der Waals surface area (Å²) >= 11 is 1.42. The molecular formula is C24H18F2N6S. The lowest BCUT2D eigenvalue weighted by atomic mass is 9.84. The van der Waals surface area contributed by atoms with Gasteiger partial charge in [0.1, 0.15) is 29.8 Å². The highest BCUT2D eigenvalue weighted by Crippen LogP contribution is 2.66. The highest BCUT2D eigenvalue weighted by Gasteiger charge is 2.68. The van der Waals surface area contributed by atoms with Crippen LogP contribution in [0.15, 0.2) is 60.2 Å². The van der Waals surface area contributed by atoms with E-state index in [0.29, 0.717) is 29.8 Å². The maximum atomic E-state index is 15.1. The summed E-state index contributed by atoms with van der Waals surface area (Å²) in [6.07, 6.45) is 7.33. The summed E-state index contributed by atoms with van der Waals surface area (Å²) in [5.41, 5.74) is 6.32. The Hall–Kier alpha value is -3.69. The summed E-state index contributed by atoms with van der Waals surface area (Å²) in [7, 11) is 0. The van der Waals surface area contributed by atoms with Gasteiger partial charge in [-0.25, -0.2) is 23.7 Å². The van der Waals surface area contributed by atoms with Gasteiger partial charge in [0.2, 0.25) is 0 Å². The first-order valence-electron chi connectivity index (χ1n) is 10.2. The van der Waals surface area contributed by atoms with Crippen molar-refractivity contribution in [1.82, 2.24) is 14.5 Å². The molecule has 0 saturated heterocycles. The first-order chi connectivity index (χ1) is 16.0. The van der Waals surface area contributed by atoms with Crippen molar-refractivity contribution in [2.75, 3.05) is 6.67 Å². The van der Waals surface area contributed by atoms with Crippen LogP contribution in [0.4, 0.5) is 8.78 Å². The Labute approximate surface area is 193 Å². The molecular weight excluding hydrogens is 442 g/mol. The standard InChI is InChI=1S/C24H18F2N6S/c25-13-24(21-10-23(21,33-22(28)31-24)14-32-8-7-29-15-32)19-9-16(3-6-20(19)26)1-4-18-5-2-17(11-27)12-30-18/h2-3,5-9,12,15,21H,10,13-14H2,(H2,28,31)/t21-,23-,24-/m1/s1. The average molecular weight is 461 g/mol. The van der Waals surface area contributed by atoms with E-state index < -0.39 is 18.0 Å². The first-order valence-corrected chi connectivity index (χ1v) is 11.0. The second-order valence-corrected chi connectivity index (χ2v) is 9.59. The van der Waals surface area contributed by atoms with Gasteiger partial charge in [-0.3, -0.25) is 0 Å². The van der Waals surface area contributed by atoms with Crippen LogP contribution < -0.4 is 5.73 Å². The number of hydrogen-bond acceptors (Lipinski definition) is 6. The van der Waals surface area contributed by atoms with E-state index in [2.05, 4.69) is 26.8 Å². The summed E-state index contributed by atoms with van der Waals surface area (Å²) < 4.78 is 31.4. The number of aliphatic imine (C=N–C) groups is 1. The molecule has 0 spiro atoms. The molecule has 1 aliphatic carbocycles. The maximum absolute atomic E-state index is 15.1. The second kappa shape index (κ2) is 8.02. The van der Waals surface area contributed by atoms with Crippen LogP contribution >= 0.6 is 11.8 Å². The number of rotatable bonds is 4. The fourth-order valence-electron chi connectivity index (χ4n) is 4.45. The number of alkyl halides is 1. The van der Waals surface area contributed by atoms with Gasteiger partial charge in [-0.05, 0) is 42.7 Å². The van der Waals surface area contributed by atoms with E-state index in [9.17, 15) is 4.39 Å². The Kier molecular flexibility index (Phi) is 5.15. The van der Waals surface area contributed by atoms with Crippen molar-refractivity contribution in [2.24, 2.45) is 16.6 Å². The molecule has 3 atom stereocenters. The zero-order valence-corrected chi connectivity index (χ0v) is 18.2. The number of amidine groups is 1. The molecule has 0 unspecified atom stereocenters. The van der Waals surface area contributed by atoms with Gasteiger partial charge in [0.05, 0.1) is 11.9 Å². The smallest absolute Gasteiger partial charge is 0.155 e. The molecule has 1 aromatic carbocycles. The van der Waals surface area contributed by atoms with Gasteiger partial charge in [-0.1, -0.05) is 17.7 Å². The van der Waals surface area contributed by atoms with E-state index in [-0.39, 0.29) is 21.4 Å². The monoisotopic (exact) mass is 460 g/mol. The summed E-state index contributed by atoms with van der Waals surface area (Å²) in [5, 5.41) is 9.13. The van der Waals surface area contributed by atoms with Crippen molar-refractivity contribution in [2.45, 2.75) is 23.3 Å². The Morgan fingerprint density at radius 2 is 2.09 bits per heavy atom. The molecule has 0 bridgehead atoms. The lowest BCUT2D eigenvalue weighted by Crippen LogP contribution is -2.41. The zero-order valence-electron chi connectivity index (χ0n) is 17.4. The van der Waals surface area contributed by atoms with Gasteiger partial charge in [0.15, 0.2) is 5.17 Å². The van der Waals surface area contributed by atoms with Crippen LogP contribution in [-0.2, 0) is 12.1 Å². The summed E-state index contributed by atoms with van der Waals surface area (Å²) in [6, 6.07) is 9.64. The number of aromatic nitrogens is 3. The third-order valence-corrected chi connectivity index (χ3v) is 7.38. The average Bonchev–Trinajstić information content (AvgIpc) is 3.30. The highest BCUT2D eigenvalue weighted by atomic mass is 32.2. The Morgan fingerprint density at radius 1 is 1.24 bits per heavy atom. The van der Waals surface area contributed by atoms with Gasteiger partial charge in [-0.2, -0.15) is 5.26 Å². The molecule has 3 aromatic rings. The maximum Gasteiger partial charge on any atom is 0.155 e. The van der Waals surface area contributed by atoms with E-state index in [0.717, 1.165) is 0 Å².